The molecule has 0 aromatic heterocycles. The molecule has 0 amide bonds. The summed E-state index contributed by atoms with van der Waals surface area (Å²) < 4.78 is 0. The molecule has 1 radical (unpaired) electrons. The molecule has 16 unspecified atom stereocenters. The fourth-order valence-corrected chi connectivity index (χ4v) is 11.7. The number of hydrogen-bond donors (Lipinski definition) is 8. The van der Waals surface area contributed by atoms with Gasteiger partial charge in [-0.15, -0.1) is 5.92 Å². The molecule has 4 aliphatic carbocycles. The van der Waals surface area contributed by atoms with Gasteiger partial charge in [-0.3, -0.25) is 42.5 Å². The van der Waals surface area contributed by atoms with Crippen LogP contribution in [0.25, 0.3) is 0 Å². The summed E-state index contributed by atoms with van der Waals surface area (Å²) in [6.07, 6.45) is 26.4. The normalized spacial score (nSPS) is 42.9. The van der Waals surface area contributed by atoms with Gasteiger partial charge in [0.1, 0.15) is 0 Å². The maximum Gasteiger partial charge on any atom is 0.0628 e. The Labute approximate surface area is 364 Å². The Morgan fingerprint density at radius 3 is 0.737 bits per heavy atom. The molecular weight excluding hydrogens is 748 g/mol. The SMILES string of the molecule is C[C-](C)C.C[C-](C)C.C[C-](C)C.C[C-](C)C.[CH-]1CCCC2C3NC(NC4NC(NC5NC(NC6NC(N3)C3CCCCC63)C3CCCCC53)C3CCCCC43)C12.[Co]. The molecule has 9 heteroatoms. The molecule has 337 valence electrons. The summed E-state index contributed by atoms with van der Waals surface area (Å²) in [5, 5.41) is 33.7. The zero-order valence-electron chi connectivity index (χ0n) is 38.8. The largest absolute Gasteiger partial charge is 0.323 e. The third kappa shape index (κ3) is 14.1. The van der Waals surface area contributed by atoms with Gasteiger partial charge in [-0.2, -0.15) is 89.5 Å². The fourth-order valence-electron chi connectivity index (χ4n) is 11.7. The van der Waals surface area contributed by atoms with Gasteiger partial charge in [-0.05, 0) is 80.0 Å². The van der Waals surface area contributed by atoms with E-state index in [-0.39, 0.29) is 16.8 Å². The summed E-state index contributed by atoms with van der Waals surface area (Å²) in [7, 11) is 0. The average molecular weight is 839 g/mol. The van der Waals surface area contributed by atoms with Gasteiger partial charge in [0.2, 0.25) is 0 Å². The van der Waals surface area contributed by atoms with E-state index in [0.717, 1.165) is 35.5 Å². The quantitative estimate of drug-likeness (QED) is 0.115. The van der Waals surface area contributed by atoms with Gasteiger partial charge < -0.3 is 30.1 Å². The van der Waals surface area contributed by atoms with E-state index in [9.17, 15) is 0 Å². The molecule has 8 N–H and O–H groups in total. The van der Waals surface area contributed by atoms with Crippen molar-refractivity contribution in [1.82, 2.24) is 42.5 Å². The van der Waals surface area contributed by atoms with Crippen molar-refractivity contribution in [2.45, 2.75) is 229 Å². The number of nitrogens with one attached hydrogen (secondary N) is 8. The van der Waals surface area contributed by atoms with E-state index in [1.54, 1.807) is 0 Å². The van der Waals surface area contributed by atoms with Crippen molar-refractivity contribution < 1.29 is 16.8 Å². The average Bonchev–Trinajstić information content (AvgIpc) is 3.87. The molecule has 5 saturated heterocycles. The zero-order valence-corrected chi connectivity index (χ0v) is 39.8. The van der Waals surface area contributed by atoms with Crippen LogP contribution in [-0.2, 0) is 16.8 Å². The maximum atomic E-state index is 4.25. The van der Waals surface area contributed by atoms with Crippen molar-refractivity contribution in [1.29, 1.82) is 0 Å². The second-order valence-electron chi connectivity index (χ2n) is 21.4. The van der Waals surface area contributed by atoms with Crippen molar-refractivity contribution in [2.24, 2.45) is 47.3 Å². The molecule has 16 atom stereocenters. The first-order valence-electron chi connectivity index (χ1n) is 23.7. The molecule has 5 heterocycles. The second kappa shape index (κ2) is 24.1. The van der Waals surface area contributed by atoms with Crippen molar-refractivity contribution >= 4 is 0 Å². The van der Waals surface area contributed by atoms with Crippen molar-refractivity contribution in [3.8, 4) is 0 Å². The van der Waals surface area contributed by atoms with E-state index in [1.807, 2.05) is 0 Å². The van der Waals surface area contributed by atoms with Gasteiger partial charge in [-0.1, -0.05) is 51.4 Å². The summed E-state index contributed by atoms with van der Waals surface area (Å²) in [6, 6.07) is 0. The molecule has 8 bridgehead atoms. The molecule has 0 spiro atoms. The van der Waals surface area contributed by atoms with E-state index in [2.05, 4.69) is 132 Å². The van der Waals surface area contributed by atoms with E-state index >= 15 is 0 Å². The summed E-state index contributed by atoms with van der Waals surface area (Å²) in [6.45, 7) is 25.0. The summed E-state index contributed by atoms with van der Waals surface area (Å²) in [5.41, 5.74) is 0. The van der Waals surface area contributed by atoms with Crippen LogP contribution in [0.1, 0.15) is 179 Å². The fraction of sp³-hybridized carbons (Fsp3) is 0.896. The van der Waals surface area contributed by atoms with E-state index < -0.39 is 0 Å². The molecule has 4 saturated carbocycles. The molecule has 0 aromatic rings. The van der Waals surface area contributed by atoms with E-state index in [0.29, 0.717) is 61.2 Å². The van der Waals surface area contributed by atoms with Crippen LogP contribution < -0.4 is 42.5 Å². The molecule has 9 aliphatic rings. The van der Waals surface area contributed by atoms with Gasteiger partial charge in [-0.25, -0.2) is 0 Å². The molecule has 9 fully saturated rings. The van der Waals surface area contributed by atoms with Gasteiger partial charge in [0, 0.05) is 22.9 Å². The van der Waals surface area contributed by atoms with Crippen LogP contribution in [0, 0.1) is 77.4 Å². The van der Waals surface area contributed by atoms with E-state index in [1.165, 1.54) is 120 Å². The Kier molecular flexibility index (Phi) is 21.1. The molecule has 57 heavy (non-hydrogen) atoms. The van der Waals surface area contributed by atoms with Crippen LogP contribution in [0.4, 0.5) is 0 Å². The summed E-state index contributed by atoms with van der Waals surface area (Å²) >= 11 is 0. The van der Waals surface area contributed by atoms with Crippen molar-refractivity contribution in [2.75, 3.05) is 0 Å². The first-order chi connectivity index (χ1) is 26.7. The zero-order chi connectivity index (χ0) is 40.5. The predicted octanol–water partition coefficient (Wildman–Crippen LogP) is 8.90. The predicted molar refractivity (Wildman–Crippen MR) is 238 cm³/mol. The number of rotatable bonds is 0. The van der Waals surface area contributed by atoms with Crippen LogP contribution in [0.5, 0.6) is 0 Å². The van der Waals surface area contributed by atoms with Gasteiger partial charge in [0.25, 0.3) is 0 Å². The molecule has 0 aromatic carbocycles. The van der Waals surface area contributed by atoms with Crippen LogP contribution >= 0.6 is 0 Å². The minimum absolute atomic E-state index is 0. The minimum atomic E-state index is 0. The first-order valence-corrected chi connectivity index (χ1v) is 23.7. The topological polar surface area (TPSA) is 96.2 Å². The summed E-state index contributed by atoms with van der Waals surface area (Å²) in [4.78, 5) is 0. The van der Waals surface area contributed by atoms with Crippen LogP contribution in [-0.4, -0.2) is 49.3 Å². The maximum absolute atomic E-state index is 4.25. The Hall–Kier alpha value is 0.186. The summed E-state index contributed by atoms with van der Waals surface area (Å²) in [5.74, 6) is 11.4. The Balaban J connectivity index is 0.000000366. The van der Waals surface area contributed by atoms with Crippen LogP contribution in [0.15, 0.2) is 0 Å². The van der Waals surface area contributed by atoms with Crippen LogP contribution in [0.2, 0.25) is 0 Å². The molecule has 5 aliphatic heterocycles. The van der Waals surface area contributed by atoms with E-state index in [4.69, 9.17) is 0 Å². The second-order valence-corrected chi connectivity index (χ2v) is 21.4. The van der Waals surface area contributed by atoms with Crippen molar-refractivity contribution in [3.63, 3.8) is 0 Å². The smallest absolute Gasteiger partial charge is 0.0628 e. The number of fused-ring (bicyclic) bond motifs is 20. The Morgan fingerprint density at radius 2 is 0.491 bits per heavy atom. The number of hydrogen-bond acceptors (Lipinski definition) is 8. The van der Waals surface area contributed by atoms with Gasteiger partial charge in [0.15, 0.2) is 0 Å². The monoisotopic (exact) mass is 839 g/mol. The standard InChI is InChI=1S/C32H55N8.4C4H9.Co/c1-2-10-18-17(9-1)25-33-26(18)38-28-21-13-5-6-14-22(21)30(35-28)40-32-24-16-8-7-15-23(24)31(36-32)39-29-20-12-4-3-11-19(20)27(34-29)37-25;4*1-4(2)3;/h9,17-40H,1-8,10-16H2;4*1-3H3;/q5*-1;. The molecule has 8 nitrogen and oxygen atoms in total. The third-order valence-electron chi connectivity index (χ3n) is 13.6. The first kappa shape index (κ1) is 49.8. The van der Waals surface area contributed by atoms with Crippen molar-refractivity contribution in [3.05, 3.63) is 30.1 Å². The molecule has 9 rings (SSSR count). The van der Waals surface area contributed by atoms with Gasteiger partial charge in [0.05, 0.1) is 43.2 Å². The Bertz CT molecular complexity index is 863. The Morgan fingerprint density at radius 1 is 0.298 bits per heavy atom. The minimum Gasteiger partial charge on any atom is -0.323 e. The molecular formula is C48H91CoN8-5. The van der Waals surface area contributed by atoms with Gasteiger partial charge >= 0.3 is 0 Å². The van der Waals surface area contributed by atoms with Crippen LogP contribution in [0.3, 0.4) is 0 Å². The third-order valence-corrected chi connectivity index (χ3v) is 13.6.